The number of alkyl carbamates (subject to hydrolysis) is 1. The van der Waals surface area contributed by atoms with Gasteiger partial charge in [0, 0.05) is 32.0 Å². The molecule has 42 heavy (non-hydrogen) atoms. The molecule has 2 aromatic carbocycles. The second kappa shape index (κ2) is 14.8. The number of piperidine rings is 1. The summed E-state index contributed by atoms with van der Waals surface area (Å²) in [6, 6.07) is 16.1. The number of aryl methyl sites for hydroxylation is 1. The van der Waals surface area contributed by atoms with Crippen LogP contribution in [0, 0.1) is 18.8 Å². The van der Waals surface area contributed by atoms with Crippen LogP contribution in [0.3, 0.4) is 0 Å². The Kier molecular flexibility index (Phi) is 11.5. The van der Waals surface area contributed by atoms with Crippen LogP contribution in [-0.4, -0.2) is 59.5 Å². The molecule has 0 radical (unpaired) electrons. The summed E-state index contributed by atoms with van der Waals surface area (Å²) >= 11 is 0. The molecule has 1 aliphatic rings. The third-order valence-corrected chi connectivity index (χ3v) is 7.29. The van der Waals surface area contributed by atoms with Crippen LogP contribution in [-0.2, 0) is 32.1 Å². The summed E-state index contributed by atoms with van der Waals surface area (Å²) in [7, 11) is 0. The third kappa shape index (κ3) is 10.2. The number of nitrogens with zero attached hydrogens (tertiary/aromatic N) is 1. The van der Waals surface area contributed by atoms with Gasteiger partial charge in [-0.15, -0.1) is 0 Å². The zero-order chi connectivity index (χ0) is 30.9. The molecular formula is C33H46N4O5. The first-order valence-electron chi connectivity index (χ1n) is 14.8. The quantitative estimate of drug-likeness (QED) is 0.392. The van der Waals surface area contributed by atoms with Crippen molar-refractivity contribution < 1.29 is 23.9 Å². The maximum absolute atomic E-state index is 13.3. The van der Waals surface area contributed by atoms with Gasteiger partial charge in [0.25, 0.3) is 0 Å². The molecule has 0 bridgehead atoms. The van der Waals surface area contributed by atoms with E-state index in [0.29, 0.717) is 38.9 Å². The lowest BCUT2D eigenvalue weighted by molar-refractivity contribution is -0.138. The minimum atomic E-state index is -0.728. The average molecular weight is 579 g/mol. The summed E-state index contributed by atoms with van der Waals surface area (Å²) in [5.41, 5.74) is 2.41. The predicted molar refractivity (Wildman–Crippen MR) is 162 cm³/mol. The maximum atomic E-state index is 13.3. The van der Waals surface area contributed by atoms with E-state index in [2.05, 4.69) is 16.0 Å². The highest BCUT2D eigenvalue weighted by atomic mass is 16.6. The summed E-state index contributed by atoms with van der Waals surface area (Å²) < 4.78 is 5.34. The Morgan fingerprint density at radius 1 is 0.905 bits per heavy atom. The molecular weight excluding hydrogens is 532 g/mol. The van der Waals surface area contributed by atoms with Crippen LogP contribution >= 0.6 is 0 Å². The zero-order valence-electron chi connectivity index (χ0n) is 25.7. The van der Waals surface area contributed by atoms with Gasteiger partial charge >= 0.3 is 6.09 Å². The summed E-state index contributed by atoms with van der Waals surface area (Å²) in [5, 5.41) is 8.67. The molecule has 0 aromatic heterocycles. The van der Waals surface area contributed by atoms with Gasteiger partial charge in [0.2, 0.25) is 17.7 Å². The number of likely N-dealkylation sites (tertiary alicyclic amines) is 1. The number of carbonyl (C=O) groups excluding carboxylic acids is 4. The highest BCUT2D eigenvalue weighted by molar-refractivity contribution is 5.89. The fraction of sp³-hybridized carbons (Fsp3) is 0.515. The Morgan fingerprint density at radius 2 is 1.52 bits per heavy atom. The lowest BCUT2D eigenvalue weighted by Crippen LogP contribution is -2.55. The molecule has 2 aromatic rings. The molecule has 4 amide bonds. The lowest BCUT2D eigenvalue weighted by atomic mass is 9.93. The van der Waals surface area contributed by atoms with Crippen molar-refractivity contribution in [3.05, 3.63) is 71.3 Å². The highest BCUT2D eigenvalue weighted by Gasteiger charge is 2.35. The Morgan fingerprint density at radius 3 is 2.10 bits per heavy atom. The maximum Gasteiger partial charge on any atom is 0.408 e. The average Bonchev–Trinajstić information content (AvgIpc) is 2.94. The molecule has 1 saturated heterocycles. The third-order valence-electron chi connectivity index (χ3n) is 7.29. The van der Waals surface area contributed by atoms with Crippen LogP contribution in [0.5, 0.6) is 0 Å². The number of ether oxygens (including phenoxy) is 1. The summed E-state index contributed by atoms with van der Waals surface area (Å²) in [5.74, 6) is -1.09. The molecule has 2 unspecified atom stereocenters. The number of hydrogen-bond donors (Lipinski definition) is 3. The van der Waals surface area contributed by atoms with Gasteiger partial charge in [0.15, 0.2) is 0 Å². The first-order chi connectivity index (χ1) is 19.8. The van der Waals surface area contributed by atoms with Crippen LogP contribution in [0.1, 0.15) is 64.2 Å². The number of carbonyl (C=O) groups is 4. The molecule has 3 N–H and O–H groups in total. The summed E-state index contributed by atoms with van der Waals surface area (Å²) in [6.07, 6.45) is 0.681. The zero-order valence-corrected chi connectivity index (χ0v) is 25.7. The molecule has 2 atom stereocenters. The molecule has 0 aliphatic carbocycles. The van der Waals surface area contributed by atoms with E-state index < -0.39 is 23.8 Å². The molecule has 9 heteroatoms. The van der Waals surface area contributed by atoms with Crippen molar-refractivity contribution in [2.75, 3.05) is 13.1 Å². The first kappa shape index (κ1) is 32.6. The SMILES string of the molecule is Cc1ccc(CNC(=O)C(Cc2ccccc2)NC(=O)C2CCN(C(=O)C(NC(=O)OC(C)(C)C)C(C)C)CC2)cc1. The fourth-order valence-corrected chi connectivity index (χ4v) is 4.87. The first-order valence-corrected chi connectivity index (χ1v) is 14.8. The fourth-order valence-electron chi connectivity index (χ4n) is 4.87. The standard InChI is InChI=1S/C33H46N4O5/c1-22(2)28(36-32(41)42-33(4,5)6)31(40)37-18-16-26(17-19-37)29(38)35-27(20-24-10-8-7-9-11-24)30(39)34-21-25-14-12-23(3)13-15-25/h7-15,22,26-28H,16-21H2,1-6H3,(H,34,39)(H,35,38)(H,36,41). The van der Waals surface area contributed by atoms with Crippen LogP contribution in [0.25, 0.3) is 0 Å². The molecule has 1 heterocycles. The van der Waals surface area contributed by atoms with Gasteiger partial charge in [-0.3, -0.25) is 14.4 Å². The van der Waals surface area contributed by atoms with E-state index in [1.165, 1.54) is 0 Å². The van der Waals surface area contributed by atoms with Crippen LogP contribution in [0.4, 0.5) is 4.79 Å². The van der Waals surface area contributed by atoms with E-state index >= 15 is 0 Å². The van der Waals surface area contributed by atoms with Gasteiger partial charge in [-0.25, -0.2) is 4.79 Å². The molecule has 0 spiro atoms. The van der Waals surface area contributed by atoms with Crippen molar-refractivity contribution >= 4 is 23.8 Å². The normalized spacial score (nSPS) is 15.5. The molecule has 9 nitrogen and oxygen atoms in total. The Labute approximate surface area is 249 Å². The van der Waals surface area contributed by atoms with Gasteiger partial charge in [-0.05, 0) is 57.6 Å². The largest absolute Gasteiger partial charge is 0.444 e. The number of hydrogen-bond acceptors (Lipinski definition) is 5. The van der Waals surface area contributed by atoms with E-state index in [-0.39, 0.29) is 29.6 Å². The van der Waals surface area contributed by atoms with Gasteiger partial charge in [-0.2, -0.15) is 0 Å². The number of nitrogens with one attached hydrogen (secondary N) is 3. The Balaban J connectivity index is 1.59. The summed E-state index contributed by atoms with van der Waals surface area (Å²) in [4.78, 5) is 53.9. The monoisotopic (exact) mass is 578 g/mol. The van der Waals surface area contributed by atoms with E-state index in [0.717, 1.165) is 16.7 Å². The second-order valence-electron chi connectivity index (χ2n) is 12.4. The molecule has 0 saturated carbocycles. The topological polar surface area (TPSA) is 117 Å². The minimum Gasteiger partial charge on any atom is -0.444 e. The van der Waals surface area contributed by atoms with Crippen molar-refractivity contribution in [3.63, 3.8) is 0 Å². The van der Waals surface area contributed by atoms with Gasteiger partial charge in [-0.1, -0.05) is 74.0 Å². The van der Waals surface area contributed by atoms with E-state index in [1.807, 2.05) is 75.4 Å². The van der Waals surface area contributed by atoms with Gasteiger partial charge < -0.3 is 25.6 Å². The van der Waals surface area contributed by atoms with E-state index in [9.17, 15) is 19.2 Å². The molecule has 1 fully saturated rings. The number of rotatable bonds is 10. The molecule has 1 aliphatic heterocycles. The smallest absolute Gasteiger partial charge is 0.408 e. The van der Waals surface area contributed by atoms with Crippen molar-refractivity contribution in [2.24, 2.45) is 11.8 Å². The molecule has 3 rings (SSSR count). The molecule has 228 valence electrons. The van der Waals surface area contributed by atoms with Gasteiger partial charge in [0.1, 0.15) is 17.7 Å². The Hall–Kier alpha value is -3.88. The Bertz CT molecular complexity index is 1200. The predicted octanol–water partition coefficient (Wildman–Crippen LogP) is 4.13. The van der Waals surface area contributed by atoms with Crippen molar-refractivity contribution in [3.8, 4) is 0 Å². The van der Waals surface area contributed by atoms with Crippen molar-refractivity contribution in [2.45, 2.75) is 85.0 Å². The van der Waals surface area contributed by atoms with E-state index in [4.69, 9.17) is 4.74 Å². The highest BCUT2D eigenvalue weighted by Crippen LogP contribution is 2.20. The van der Waals surface area contributed by atoms with Crippen molar-refractivity contribution in [1.82, 2.24) is 20.9 Å². The van der Waals surface area contributed by atoms with E-state index in [1.54, 1.807) is 25.7 Å². The summed E-state index contributed by atoms with van der Waals surface area (Å²) in [6.45, 7) is 12.2. The van der Waals surface area contributed by atoms with Crippen LogP contribution < -0.4 is 16.0 Å². The van der Waals surface area contributed by atoms with Crippen LogP contribution in [0.15, 0.2) is 54.6 Å². The number of benzene rings is 2. The lowest BCUT2D eigenvalue weighted by Gasteiger charge is -2.35. The second-order valence-corrected chi connectivity index (χ2v) is 12.4. The van der Waals surface area contributed by atoms with Crippen molar-refractivity contribution in [1.29, 1.82) is 0 Å². The van der Waals surface area contributed by atoms with Gasteiger partial charge in [0.05, 0.1) is 0 Å². The van der Waals surface area contributed by atoms with Crippen LogP contribution in [0.2, 0.25) is 0 Å². The minimum absolute atomic E-state index is 0.136. The number of amides is 4.